The molecular formula is C15H8BrCl2FN2O4. The molecular weight excluding hydrogens is 442 g/mol. The van der Waals surface area contributed by atoms with Gasteiger partial charge in [-0.25, -0.2) is 4.39 Å². The fraction of sp³-hybridized carbons (Fsp3) is 0.133. The summed E-state index contributed by atoms with van der Waals surface area (Å²) in [4.78, 5) is 14.4. The zero-order valence-electron chi connectivity index (χ0n) is 12.4. The molecule has 0 amide bonds. The normalized spacial score (nSPS) is 12.4. The van der Waals surface area contributed by atoms with Gasteiger partial charge in [-0.3, -0.25) is 0 Å². The van der Waals surface area contributed by atoms with E-state index < -0.39 is 22.7 Å². The lowest BCUT2D eigenvalue weighted by Gasteiger charge is -2.17. The highest BCUT2D eigenvalue weighted by Gasteiger charge is 2.28. The molecule has 0 saturated carbocycles. The lowest BCUT2D eigenvalue weighted by molar-refractivity contribution is -0.390. The van der Waals surface area contributed by atoms with Gasteiger partial charge in [-0.2, -0.15) is 0 Å². The lowest BCUT2D eigenvalue weighted by Crippen LogP contribution is -2.08. The lowest BCUT2D eigenvalue weighted by atomic mass is 10.1. The first-order valence-corrected chi connectivity index (χ1v) is 8.36. The molecule has 0 bridgehead atoms. The van der Waals surface area contributed by atoms with Crippen LogP contribution < -0.4 is 4.74 Å². The number of halogens is 4. The van der Waals surface area contributed by atoms with Crippen LogP contribution in [0.5, 0.6) is 5.75 Å². The van der Waals surface area contributed by atoms with E-state index in [9.17, 15) is 14.5 Å². The van der Waals surface area contributed by atoms with Crippen molar-refractivity contribution in [3.8, 4) is 5.75 Å². The average molecular weight is 450 g/mol. The third-order valence-electron chi connectivity index (χ3n) is 3.46. The van der Waals surface area contributed by atoms with Gasteiger partial charge < -0.3 is 19.3 Å². The summed E-state index contributed by atoms with van der Waals surface area (Å²) in [7, 11) is 0. The Balaban J connectivity index is 2.13. The van der Waals surface area contributed by atoms with E-state index in [2.05, 4.69) is 20.9 Å². The molecule has 0 aliphatic carbocycles. The quantitative estimate of drug-likeness (QED) is 0.274. The summed E-state index contributed by atoms with van der Waals surface area (Å²) in [6, 6.07) is 2.45. The van der Waals surface area contributed by atoms with Crippen LogP contribution >= 0.6 is 39.1 Å². The number of furan rings is 1. The zero-order chi connectivity index (χ0) is 18.3. The van der Waals surface area contributed by atoms with Crippen LogP contribution in [0.25, 0.3) is 11.0 Å². The van der Waals surface area contributed by atoms with Crippen LogP contribution in [-0.2, 0) is 0 Å². The molecule has 0 spiro atoms. The highest BCUT2D eigenvalue weighted by atomic mass is 79.9. The Hall–Kier alpha value is -1.90. The van der Waals surface area contributed by atoms with Crippen LogP contribution in [0.3, 0.4) is 0 Å². The molecule has 0 radical (unpaired) electrons. The summed E-state index contributed by atoms with van der Waals surface area (Å²) in [6.07, 6.45) is 1.75. The van der Waals surface area contributed by atoms with Crippen molar-refractivity contribution >= 4 is 55.9 Å². The molecule has 10 heteroatoms. The van der Waals surface area contributed by atoms with Crippen LogP contribution in [0.4, 0.5) is 10.2 Å². The second-order valence-electron chi connectivity index (χ2n) is 5.01. The van der Waals surface area contributed by atoms with Crippen LogP contribution in [0.1, 0.15) is 18.6 Å². The Labute approximate surface area is 158 Å². The van der Waals surface area contributed by atoms with Crippen molar-refractivity contribution in [3.05, 3.63) is 60.6 Å². The maximum absolute atomic E-state index is 13.7. The number of pyridine rings is 1. The van der Waals surface area contributed by atoms with E-state index >= 15 is 0 Å². The molecule has 0 saturated heterocycles. The maximum Gasteiger partial charge on any atom is 0.410 e. The predicted octanol–water partition coefficient (Wildman–Crippen LogP) is 6.08. The second kappa shape index (κ2) is 6.78. The Kier molecular flexibility index (Phi) is 4.86. The second-order valence-corrected chi connectivity index (χ2v) is 6.65. The highest BCUT2D eigenvalue weighted by molar-refractivity contribution is 9.10. The largest absolute Gasteiger partial charge is 0.475 e. The van der Waals surface area contributed by atoms with Crippen molar-refractivity contribution < 1.29 is 18.5 Å². The third-order valence-corrected chi connectivity index (χ3v) is 4.79. The van der Waals surface area contributed by atoms with Gasteiger partial charge in [-0.15, -0.1) is 0 Å². The van der Waals surface area contributed by atoms with E-state index in [4.69, 9.17) is 32.4 Å². The van der Waals surface area contributed by atoms with Crippen LogP contribution in [0.2, 0.25) is 10.0 Å². The summed E-state index contributed by atoms with van der Waals surface area (Å²) < 4.78 is 25.3. The van der Waals surface area contributed by atoms with Crippen molar-refractivity contribution in [2.75, 3.05) is 0 Å². The number of nitrogens with zero attached hydrogens (tertiary/aromatic N) is 2. The first-order chi connectivity index (χ1) is 11.8. The predicted molar refractivity (Wildman–Crippen MR) is 93.8 cm³/mol. The average Bonchev–Trinajstić information content (AvgIpc) is 2.93. The first kappa shape index (κ1) is 17.9. The van der Waals surface area contributed by atoms with E-state index in [1.807, 2.05) is 0 Å². The number of fused-ring (bicyclic) bond motifs is 1. The van der Waals surface area contributed by atoms with Gasteiger partial charge in [0.05, 0.1) is 14.9 Å². The monoisotopic (exact) mass is 448 g/mol. The molecule has 2 aromatic heterocycles. The topological polar surface area (TPSA) is 78.4 Å². The van der Waals surface area contributed by atoms with E-state index in [0.29, 0.717) is 9.86 Å². The number of rotatable bonds is 4. The molecule has 1 atom stereocenters. The van der Waals surface area contributed by atoms with Gasteiger partial charge in [0.15, 0.2) is 11.8 Å². The summed E-state index contributed by atoms with van der Waals surface area (Å²) in [5.74, 6) is -1.41. The van der Waals surface area contributed by atoms with Crippen molar-refractivity contribution in [2.45, 2.75) is 13.0 Å². The number of benzene rings is 1. The molecule has 130 valence electrons. The molecule has 0 unspecified atom stereocenters. The van der Waals surface area contributed by atoms with E-state index in [1.165, 1.54) is 25.5 Å². The SMILES string of the molecule is C[C@@H](Oc1c([N+](=O)[O-])ncc2c(Br)coc12)c1c(Cl)ccc(F)c1Cl. The number of hydrogen-bond acceptors (Lipinski definition) is 5. The van der Waals surface area contributed by atoms with Crippen molar-refractivity contribution in [1.29, 1.82) is 0 Å². The fourth-order valence-corrected chi connectivity index (χ4v) is 3.37. The summed E-state index contributed by atoms with van der Waals surface area (Å²) in [5.41, 5.74) is 0.296. The van der Waals surface area contributed by atoms with Gasteiger partial charge in [0, 0.05) is 10.6 Å². The molecule has 0 aliphatic rings. The minimum Gasteiger partial charge on any atom is -0.475 e. The Morgan fingerprint density at radius 1 is 1.44 bits per heavy atom. The van der Waals surface area contributed by atoms with Gasteiger partial charge in [0.25, 0.3) is 5.75 Å². The van der Waals surface area contributed by atoms with E-state index in [0.717, 1.165) is 6.07 Å². The Bertz CT molecular complexity index is 995. The molecule has 3 aromatic rings. The van der Waals surface area contributed by atoms with Gasteiger partial charge in [-0.1, -0.05) is 23.2 Å². The van der Waals surface area contributed by atoms with Crippen LogP contribution in [-0.4, -0.2) is 9.91 Å². The molecule has 3 rings (SSSR count). The molecule has 0 N–H and O–H groups in total. The zero-order valence-corrected chi connectivity index (χ0v) is 15.5. The Morgan fingerprint density at radius 2 is 2.16 bits per heavy atom. The summed E-state index contributed by atoms with van der Waals surface area (Å²) in [6.45, 7) is 1.53. The summed E-state index contributed by atoms with van der Waals surface area (Å²) >= 11 is 15.3. The molecule has 2 heterocycles. The molecule has 6 nitrogen and oxygen atoms in total. The number of ether oxygens (including phenoxy) is 1. The van der Waals surface area contributed by atoms with Gasteiger partial charge in [0.2, 0.25) is 0 Å². The van der Waals surface area contributed by atoms with E-state index in [-0.39, 0.29) is 26.9 Å². The number of hydrogen-bond donors (Lipinski definition) is 0. The fourth-order valence-electron chi connectivity index (χ4n) is 2.32. The maximum atomic E-state index is 13.7. The van der Waals surface area contributed by atoms with Gasteiger partial charge in [-0.05, 0) is 44.9 Å². The Morgan fingerprint density at radius 3 is 2.84 bits per heavy atom. The van der Waals surface area contributed by atoms with Gasteiger partial charge >= 0.3 is 5.82 Å². The first-order valence-electron chi connectivity index (χ1n) is 6.81. The standard InChI is InChI=1S/C15H8BrCl2FN2O4/c1-6(11-9(17)2-3-10(19)12(11)18)25-14-13-7(8(16)5-24-13)4-20-15(14)21(22)23/h2-6H,1H3/t6-/m1/s1. The summed E-state index contributed by atoms with van der Waals surface area (Å²) in [5, 5.41) is 11.7. The van der Waals surface area contributed by atoms with Crippen LogP contribution in [0, 0.1) is 15.9 Å². The molecule has 1 aromatic carbocycles. The minimum atomic E-state index is -0.898. The third kappa shape index (κ3) is 3.17. The van der Waals surface area contributed by atoms with E-state index in [1.54, 1.807) is 0 Å². The number of aromatic nitrogens is 1. The molecule has 0 fully saturated rings. The molecule has 0 aliphatic heterocycles. The minimum absolute atomic E-state index is 0.129. The highest BCUT2D eigenvalue weighted by Crippen LogP contribution is 2.41. The smallest absolute Gasteiger partial charge is 0.410 e. The van der Waals surface area contributed by atoms with Crippen molar-refractivity contribution in [2.24, 2.45) is 0 Å². The molecule has 25 heavy (non-hydrogen) atoms. The van der Waals surface area contributed by atoms with Crippen LogP contribution in [0.15, 0.2) is 33.5 Å². The van der Waals surface area contributed by atoms with Crippen molar-refractivity contribution in [3.63, 3.8) is 0 Å². The van der Waals surface area contributed by atoms with Gasteiger partial charge in [0.1, 0.15) is 18.2 Å². The van der Waals surface area contributed by atoms with Crippen molar-refractivity contribution in [1.82, 2.24) is 4.98 Å². The number of nitro groups is 1.